The predicted octanol–water partition coefficient (Wildman–Crippen LogP) is 0.993. The van der Waals surface area contributed by atoms with Crippen molar-refractivity contribution in [3.05, 3.63) is 35.4 Å². The highest BCUT2D eigenvalue weighted by Gasteiger charge is 2.26. The third-order valence-corrected chi connectivity index (χ3v) is 1.87. The van der Waals surface area contributed by atoms with Gasteiger partial charge in [-0.3, -0.25) is 9.59 Å². The molecular formula is C11H12O3. The molecule has 1 N–H and O–H groups in total. The van der Waals surface area contributed by atoms with Crippen LogP contribution in [0.1, 0.15) is 22.8 Å². The van der Waals surface area contributed by atoms with Crippen molar-refractivity contribution in [2.75, 3.05) is 6.61 Å². The minimum atomic E-state index is -0.333. The molecular weight excluding hydrogens is 180 g/mol. The molecule has 0 bridgehead atoms. The van der Waals surface area contributed by atoms with Crippen LogP contribution in [0.5, 0.6) is 0 Å². The second kappa shape index (κ2) is 4.67. The fourth-order valence-corrected chi connectivity index (χ4v) is 1.30. The summed E-state index contributed by atoms with van der Waals surface area (Å²) in [7, 11) is 0. The molecule has 1 aromatic carbocycles. The van der Waals surface area contributed by atoms with Gasteiger partial charge in [0.05, 0.1) is 0 Å². The van der Waals surface area contributed by atoms with Gasteiger partial charge in [-0.2, -0.15) is 0 Å². The molecule has 3 nitrogen and oxygen atoms in total. The second-order valence-corrected chi connectivity index (χ2v) is 2.90. The fraction of sp³-hybridized carbons (Fsp3) is 0.273. The molecule has 0 fully saturated rings. The zero-order valence-electron chi connectivity index (χ0n) is 7.99. The van der Waals surface area contributed by atoms with E-state index in [0.29, 0.717) is 5.56 Å². The zero-order chi connectivity index (χ0) is 10.6. The van der Waals surface area contributed by atoms with Crippen LogP contribution in [0.4, 0.5) is 0 Å². The summed E-state index contributed by atoms with van der Waals surface area (Å²) in [6.45, 7) is 1.93. The summed E-state index contributed by atoms with van der Waals surface area (Å²) in [6, 6.07) is 7.13. The number of carbonyl (C=O) groups excluding carboxylic acids is 2. The Labute approximate surface area is 82.4 Å². The topological polar surface area (TPSA) is 54.4 Å². The van der Waals surface area contributed by atoms with Crippen LogP contribution < -0.4 is 0 Å². The maximum Gasteiger partial charge on any atom is 0.229 e. The van der Waals surface area contributed by atoms with E-state index in [0.717, 1.165) is 5.56 Å². The van der Waals surface area contributed by atoms with Crippen LogP contribution in [-0.2, 0) is 11.2 Å². The van der Waals surface area contributed by atoms with Gasteiger partial charge in [0.25, 0.3) is 0 Å². The molecule has 0 saturated carbocycles. The zero-order valence-corrected chi connectivity index (χ0v) is 7.99. The number of fused-ring (bicyclic) bond motifs is 1. The Morgan fingerprint density at radius 1 is 1.29 bits per heavy atom. The summed E-state index contributed by atoms with van der Waals surface area (Å²) in [6.07, 6.45) is 0.287. The summed E-state index contributed by atoms with van der Waals surface area (Å²) in [5.74, 6) is -0.619. The van der Waals surface area contributed by atoms with Gasteiger partial charge in [0.15, 0.2) is 0 Å². The van der Waals surface area contributed by atoms with Gasteiger partial charge in [-0.05, 0) is 12.5 Å². The lowest BCUT2D eigenvalue weighted by molar-refractivity contribution is -0.114. The number of carbonyl (C=O) groups is 2. The molecule has 0 aliphatic heterocycles. The number of ketones is 2. The van der Waals surface area contributed by atoms with Crippen LogP contribution in [-0.4, -0.2) is 23.3 Å². The number of Topliss-reactive ketones (excluding diaryl/α,β-unsaturated/α-hetero) is 2. The number of benzene rings is 1. The number of aliphatic hydroxyl groups excluding tert-OH is 1. The largest absolute Gasteiger partial charge is 0.397 e. The molecule has 0 atom stereocenters. The first-order valence-corrected chi connectivity index (χ1v) is 4.47. The molecule has 1 aliphatic carbocycles. The molecule has 0 amide bonds. The van der Waals surface area contributed by atoms with Crippen molar-refractivity contribution in [1.82, 2.24) is 0 Å². The average Bonchev–Trinajstić information content (AvgIpc) is 2.45. The summed E-state index contributed by atoms with van der Waals surface area (Å²) in [5, 5.41) is 7.57. The van der Waals surface area contributed by atoms with Gasteiger partial charge in [0.2, 0.25) is 11.6 Å². The van der Waals surface area contributed by atoms with Gasteiger partial charge in [-0.15, -0.1) is 0 Å². The van der Waals surface area contributed by atoms with Crippen molar-refractivity contribution in [3.8, 4) is 0 Å². The molecule has 0 saturated heterocycles. The maximum atomic E-state index is 11.0. The second-order valence-electron chi connectivity index (χ2n) is 2.90. The highest BCUT2D eigenvalue weighted by Crippen LogP contribution is 2.18. The molecule has 1 aliphatic rings. The molecule has 14 heavy (non-hydrogen) atoms. The normalized spacial score (nSPS) is 13.3. The van der Waals surface area contributed by atoms with E-state index in [4.69, 9.17) is 5.11 Å². The Morgan fingerprint density at radius 2 is 1.86 bits per heavy atom. The standard InChI is InChI=1S/C9H6O2.C2H6O/c10-8-5-6-3-1-2-4-7(6)9(8)11;1-2-3/h1-4H,5H2;3H,2H2,1H3. The van der Waals surface area contributed by atoms with E-state index in [1.807, 2.05) is 12.1 Å². The maximum absolute atomic E-state index is 11.0. The van der Waals surface area contributed by atoms with Crippen molar-refractivity contribution >= 4 is 11.6 Å². The minimum absolute atomic E-state index is 0.250. The van der Waals surface area contributed by atoms with Crippen molar-refractivity contribution in [2.45, 2.75) is 13.3 Å². The molecule has 1 aromatic rings. The molecule has 3 heteroatoms. The first-order chi connectivity index (χ1) is 6.70. The summed E-state index contributed by atoms with van der Waals surface area (Å²) in [5.41, 5.74) is 1.44. The minimum Gasteiger partial charge on any atom is -0.397 e. The van der Waals surface area contributed by atoms with Crippen LogP contribution in [0.15, 0.2) is 24.3 Å². The van der Waals surface area contributed by atoms with E-state index < -0.39 is 0 Å². The van der Waals surface area contributed by atoms with E-state index in [1.165, 1.54) is 0 Å². The molecule has 0 radical (unpaired) electrons. The van der Waals surface area contributed by atoms with Crippen molar-refractivity contribution < 1.29 is 14.7 Å². The molecule has 0 spiro atoms. The smallest absolute Gasteiger partial charge is 0.229 e. The molecule has 2 rings (SSSR count). The first kappa shape index (κ1) is 10.6. The van der Waals surface area contributed by atoms with Crippen LogP contribution in [0.3, 0.4) is 0 Å². The van der Waals surface area contributed by atoms with Crippen LogP contribution in [0.25, 0.3) is 0 Å². The lowest BCUT2D eigenvalue weighted by atomic mass is 10.1. The van der Waals surface area contributed by atoms with Gasteiger partial charge >= 0.3 is 0 Å². The Kier molecular flexibility index (Phi) is 3.54. The molecule has 0 aromatic heterocycles. The lowest BCUT2D eigenvalue weighted by Gasteiger charge is -1.90. The van der Waals surface area contributed by atoms with Gasteiger partial charge in [0, 0.05) is 18.6 Å². The Bertz CT molecular complexity index is 355. The van der Waals surface area contributed by atoms with Gasteiger partial charge in [-0.1, -0.05) is 24.3 Å². The molecule has 74 valence electrons. The van der Waals surface area contributed by atoms with E-state index in [2.05, 4.69) is 0 Å². The Hall–Kier alpha value is -1.48. The first-order valence-electron chi connectivity index (χ1n) is 4.47. The van der Waals surface area contributed by atoms with E-state index in [-0.39, 0.29) is 24.6 Å². The van der Waals surface area contributed by atoms with Crippen LogP contribution in [0, 0.1) is 0 Å². The Balaban J connectivity index is 0.000000293. The monoisotopic (exact) mass is 192 g/mol. The van der Waals surface area contributed by atoms with Gasteiger partial charge in [-0.25, -0.2) is 0 Å². The van der Waals surface area contributed by atoms with E-state index in [9.17, 15) is 9.59 Å². The summed E-state index contributed by atoms with van der Waals surface area (Å²) < 4.78 is 0. The van der Waals surface area contributed by atoms with Gasteiger partial charge < -0.3 is 5.11 Å². The van der Waals surface area contributed by atoms with Crippen molar-refractivity contribution in [3.63, 3.8) is 0 Å². The summed E-state index contributed by atoms with van der Waals surface area (Å²) in [4.78, 5) is 21.9. The SMILES string of the molecule is CCO.O=C1Cc2ccccc2C1=O. The number of hydrogen-bond acceptors (Lipinski definition) is 3. The quantitative estimate of drug-likeness (QED) is 0.624. The van der Waals surface area contributed by atoms with Crippen LogP contribution >= 0.6 is 0 Å². The third-order valence-electron chi connectivity index (χ3n) is 1.87. The summed E-state index contributed by atoms with van der Waals surface area (Å²) >= 11 is 0. The van der Waals surface area contributed by atoms with Crippen molar-refractivity contribution in [1.29, 1.82) is 0 Å². The predicted molar refractivity (Wildman–Crippen MR) is 52.2 cm³/mol. The lowest BCUT2D eigenvalue weighted by Crippen LogP contribution is -2.05. The molecule has 0 heterocycles. The number of rotatable bonds is 0. The van der Waals surface area contributed by atoms with Crippen LogP contribution in [0.2, 0.25) is 0 Å². The Morgan fingerprint density at radius 3 is 2.43 bits per heavy atom. The number of aliphatic hydroxyl groups is 1. The third kappa shape index (κ3) is 2.06. The van der Waals surface area contributed by atoms with Gasteiger partial charge in [0.1, 0.15) is 0 Å². The molecule has 0 unspecified atom stereocenters. The number of hydrogen-bond donors (Lipinski definition) is 1. The van der Waals surface area contributed by atoms with E-state index >= 15 is 0 Å². The average molecular weight is 192 g/mol. The van der Waals surface area contributed by atoms with E-state index in [1.54, 1.807) is 19.1 Å². The fourth-order valence-electron chi connectivity index (χ4n) is 1.30. The highest BCUT2D eigenvalue weighted by molar-refractivity contribution is 6.47. The van der Waals surface area contributed by atoms with Crippen molar-refractivity contribution in [2.24, 2.45) is 0 Å². The highest BCUT2D eigenvalue weighted by atomic mass is 16.2.